The molecule has 1 N–H and O–H groups in total. The second-order valence-corrected chi connectivity index (χ2v) is 3.47. The van der Waals surface area contributed by atoms with Crippen LogP contribution in [0.3, 0.4) is 0 Å². The lowest BCUT2D eigenvalue weighted by molar-refractivity contribution is -0.140. The average Bonchev–Trinajstić information content (AvgIpc) is 2.24. The highest BCUT2D eigenvalue weighted by Crippen LogP contribution is 2.03. The summed E-state index contributed by atoms with van der Waals surface area (Å²) >= 11 is 0. The van der Waals surface area contributed by atoms with E-state index in [9.17, 15) is 9.59 Å². The van der Waals surface area contributed by atoms with E-state index >= 15 is 0 Å². The molecule has 0 unspecified atom stereocenters. The molecule has 0 spiro atoms. The van der Waals surface area contributed by atoms with Crippen molar-refractivity contribution in [3.63, 3.8) is 0 Å². The number of carbonyl (C=O) groups excluding carboxylic acids is 2. The third-order valence-corrected chi connectivity index (χ3v) is 1.97. The summed E-state index contributed by atoms with van der Waals surface area (Å²) in [6, 6.07) is 7.31. The van der Waals surface area contributed by atoms with Gasteiger partial charge in [0, 0.05) is 12.5 Å². The minimum atomic E-state index is -0.343. The van der Waals surface area contributed by atoms with Gasteiger partial charge in [-0.3, -0.25) is 9.59 Å². The van der Waals surface area contributed by atoms with Gasteiger partial charge < -0.3 is 10.1 Å². The van der Waals surface area contributed by atoms with Gasteiger partial charge in [-0.25, -0.2) is 0 Å². The number of hydrogen-bond acceptors (Lipinski definition) is 3. The Balaban J connectivity index is 2.38. The van der Waals surface area contributed by atoms with Gasteiger partial charge in [-0.15, -0.1) is 0 Å². The zero-order chi connectivity index (χ0) is 12.0. The van der Waals surface area contributed by atoms with Gasteiger partial charge in [0.1, 0.15) is 6.61 Å². The van der Waals surface area contributed by atoms with E-state index in [1.165, 1.54) is 6.92 Å². The number of hydrogen-bond donors (Lipinski definition) is 1. The number of benzene rings is 1. The minimum Gasteiger partial charge on any atom is -0.464 e. The maximum atomic E-state index is 11.6. The standard InChI is InChI=1S/C12H15NO3/c1-9-4-3-5-11(8-9)12(15)13-6-7-16-10(2)14/h3-5,8H,6-7H2,1-2H3,(H,13,15). The molecule has 0 aromatic heterocycles. The van der Waals surface area contributed by atoms with Crippen LogP contribution in [0, 0.1) is 6.92 Å². The van der Waals surface area contributed by atoms with Gasteiger partial charge in [0.05, 0.1) is 6.54 Å². The van der Waals surface area contributed by atoms with Gasteiger partial charge in [0.25, 0.3) is 5.91 Å². The summed E-state index contributed by atoms with van der Waals surface area (Å²) in [5, 5.41) is 2.67. The van der Waals surface area contributed by atoms with E-state index in [4.69, 9.17) is 4.74 Å². The predicted molar refractivity (Wildman–Crippen MR) is 60.1 cm³/mol. The molecule has 1 amide bonds. The summed E-state index contributed by atoms with van der Waals surface area (Å²) in [6.07, 6.45) is 0. The van der Waals surface area contributed by atoms with Crippen molar-refractivity contribution in [2.75, 3.05) is 13.2 Å². The van der Waals surface area contributed by atoms with Crippen molar-refractivity contribution in [1.29, 1.82) is 0 Å². The summed E-state index contributed by atoms with van der Waals surface area (Å²) in [4.78, 5) is 22.1. The molecule has 1 rings (SSSR count). The second kappa shape index (κ2) is 5.90. The van der Waals surface area contributed by atoms with Crippen LogP contribution in [-0.4, -0.2) is 25.0 Å². The number of nitrogens with one attached hydrogen (secondary N) is 1. The molecule has 0 radical (unpaired) electrons. The van der Waals surface area contributed by atoms with Crippen molar-refractivity contribution in [2.45, 2.75) is 13.8 Å². The fourth-order valence-electron chi connectivity index (χ4n) is 1.25. The average molecular weight is 221 g/mol. The van der Waals surface area contributed by atoms with E-state index < -0.39 is 0 Å². The van der Waals surface area contributed by atoms with Gasteiger partial charge in [0.2, 0.25) is 0 Å². The molecule has 0 atom stereocenters. The maximum absolute atomic E-state index is 11.6. The number of esters is 1. The van der Waals surface area contributed by atoms with E-state index in [2.05, 4.69) is 5.32 Å². The van der Waals surface area contributed by atoms with Gasteiger partial charge in [-0.2, -0.15) is 0 Å². The summed E-state index contributed by atoms with van der Waals surface area (Å²) in [7, 11) is 0. The van der Waals surface area contributed by atoms with Crippen LogP contribution < -0.4 is 5.32 Å². The molecular formula is C12H15NO3. The van der Waals surface area contributed by atoms with Crippen molar-refractivity contribution < 1.29 is 14.3 Å². The molecule has 0 saturated heterocycles. The van der Waals surface area contributed by atoms with Crippen LogP contribution in [0.15, 0.2) is 24.3 Å². The molecule has 1 aromatic carbocycles. The number of rotatable bonds is 4. The van der Waals surface area contributed by atoms with Crippen LogP contribution in [0.1, 0.15) is 22.8 Å². The molecule has 4 heteroatoms. The first-order valence-electron chi connectivity index (χ1n) is 5.08. The molecular weight excluding hydrogens is 206 g/mol. The smallest absolute Gasteiger partial charge is 0.302 e. The largest absolute Gasteiger partial charge is 0.464 e. The van der Waals surface area contributed by atoms with Crippen LogP contribution in [0.5, 0.6) is 0 Å². The topological polar surface area (TPSA) is 55.4 Å². The van der Waals surface area contributed by atoms with Crippen molar-refractivity contribution in [3.05, 3.63) is 35.4 Å². The summed E-state index contributed by atoms with van der Waals surface area (Å²) in [5.74, 6) is -0.499. The van der Waals surface area contributed by atoms with E-state index in [1.807, 2.05) is 19.1 Å². The molecule has 0 heterocycles. The normalized spacial score (nSPS) is 9.62. The Kier molecular flexibility index (Phi) is 4.51. The quantitative estimate of drug-likeness (QED) is 0.615. The zero-order valence-electron chi connectivity index (χ0n) is 9.45. The third-order valence-electron chi connectivity index (χ3n) is 1.97. The molecule has 16 heavy (non-hydrogen) atoms. The lowest BCUT2D eigenvalue weighted by atomic mass is 10.1. The molecule has 86 valence electrons. The van der Waals surface area contributed by atoms with Crippen molar-refractivity contribution >= 4 is 11.9 Å². The number of aryl methyl sites for hydroxylation is 1. The number of carbonyl (C=O) groups is 2. The first-order chi connectivity index (χ1) is 7.59. The number of amides is 1. The molecule has 0 aliphatic carbocycles. The molecule has 0 fully saturated rings. The van der Waals surface area contributed by atoms with Gasteiger partial charge in [-0.05, 0) is 19.1 Å². The van der Waals surface area contributed by atoms with Gasteiger partial charge >= 0.3 is 5.97 Å². The van der Waals surface area contributed by atoms with E-state index in [-0.39, 0.29) is 18.5 Å². The lowest BCUT2D eigenvalue weighted by Gasteiger charge is -2.05. The third kappa shape index (κ3) is 4.13. The number of ether oxygens (including phenoxy) is 1. The summed E-state index contributed by atoms with van der Waals surface area (Å²) in [5.41, 5.74) is 1.65. The predicted octanol–water partition coefficient (Wildman–Crippen LogP) is 1.29. The highest BCUT2D eigenvalue weighted by molar-refractivity contribution is 5.94. The van der Waals surface area contributed by atoms with E-state index in [0.717, 1.165) is 5.56 Å². The Bertz CT molecular complexity index is 388. The monoisotopic (exact) mass is 221 g/mol. The molecule has 4 nitrogen and oxygen atoms in total. The summed E-state index contributed by atoms with van der Waals surface area (Å²) in [6.45, 7) is 3.79. The Morgan fingerprint density at radius 1 is 1.38 bits per heavy atom. The Labute approximate surface area is 94.6 Å². The Morgan fingerprint density at radius 3 is 2.75 bits per heavy atom. The van der Waals surface area contributed by atoms with Crippen molar-refractivity contribution in [3.8, 4) is 0 Å². The fraction of sp³-hybridized carbons (Fsp3) is 0.333. The van der Waals surface area contributed by atoms with Crippen LogP contribution >= 0.6 is 0 Å². The van der Waals surface area contributed by atoms with Crippen LogP contribution in [-0.2, 0) is 9.53 Å². The van der Waals surface area contributed by atoms with Crippen LogP contribution in [0.2, 0.25) is 0 Å². The molecule has 0 bridgehead atoms. The first kappa shape index (κ1) is 12.2. The van der Waals surface area contributed by atoms with E-state index in [1.54, 1.807) is 12.1 Å². The Morgan fingerprint density at radius 2 is 2.12 bits per heavy atom. The Hall–Kier alpha value is -1.84. The van der Waals surface area contributed by atoms with Crippen molar-refractivity contribution in [2.24, 2.45) is 0 Å². The SMILES string of the molecule is CC(=O)OCCNC(=O)c1cccc(C)c1. The molecule has 0 saturated carbocycles. The van der Waals surface area contributed by atoms with Gasteiger partial charge in [0.15, 0.2) is 0 Å². The first-order valence-corrected chi connectivity index (χ1v) is 5.08. The molecule has 0 aliphatic rings. The minimum absolute atomic E-state index is 0.157. The van der Waals surface area contributed by atoms with Gasteiger partial charge in [-0.1, -0.05) is 17.7 Å². The maximum Gasteiger partial charge on any atom is 0.302 e. The summed E-state index contributed by atoms with van der Waals surface area (Å²) < 4.78 is 4.70. The lowest BCUT2D eigenvalue weighted by Crippen LogP contribution is -2.27. The fourth-order valence-corrected chi connectivity index (χ4v) is 1.25. The second-order valence-electron chi connectivity index (χ2n) is 3.47. The van der Waals surface area contributed by atoms with Crippen LogP contribution in [0.4, 0.5) is 0 Å². The zero-order valence-corrected chi connectivity index (χ0v) is 9.45. The van der Waals surface area contributed by atoms with E-state index in [0.29, 0.717) is 12.1 Å². The molecule has 0 aliphatic heterocycles. The van der Waals surface area contributed by atoms with Crippen LogP contribution in [0.25, 0.3) is 0 Å². The highest BCUT2D eigenvalue weighted by atomic mass is 16.5. The molecule has 1 aromatic rings. The highest BCUT2D eigenvalue weighted by Gasteiger charge is 2.04. The van der Waals surface area contributed by atoms with Crippen molar-refractivity contribution in [1.82, 2.24) is 5.32 Å².